The highest BCUT2D eigenvalue weighted by Gasteiger charge is 2.51. The van der Waals surface area contributed by atoms with Gasteiger partial charge in [-0.1, -0.05) is 50.2 Å². The number of rotatable bonds is 4. The second kappa shape index (κ2) is 6.82. The molecule has 1 atom stereocenters. The Morgan fingerprint density at radius 3 is 2.41 bits per heavy atom. The molecule has 1 fully saturated rings. The zero-order valence-corrected chi connectivity index (χ0v) is 16.0. The highest BCUT2D eigenvalue weighted by Crippen LogP contribution is 2.43. The first-order valence-corrected chi connectivity index (χ1v) is 9.15. The fraction of sp³-hybridized carbons (Fsp3) is 0.476. The van der Waals surface area contributed by atoms with Crippen LogP contribution in [0, 0.1) is 11.3 Å². The molecule has 1 aliphatic rings. The van der Waals surface area contributed by atoms with Gasteiger partial charge >= 0.3 is 6.18 Å². The molecule has 0 spiro atoms. The lowest BCUT2D eigenvalue weighted by atomic mass is 9.91. The zero-order chi connectivity index (χ0) is 20.0. The Hall–Kier alpha value is -2.08. The van der Waals surface area contributed by atoms with E-state index in [1.54, 1.807) is 32.0 Å². The molecule has 0 aliphatic carbocycles. The van der Waals surface area contributed by atoms with Crippen molar-refractivity contribution in [1.82, 2.24) is 10.4 Å². The number of carbonyl (C=O) groups excluding carboxylic acids is 1. The van der Waals surface area contributed by atoms with Gasteiger partial charge in [0.1, 0.15) is 0 Å². The number of alkyl halides is 3. The number of hydrogen-bond donors (Lipinski definition) is 1. The average Bonchev–Trinajstić information content (AvgIpc) is 2.78. The number of benzene rings is 2. The normalized spacial score (nSPS) is 18.9. The summed E-state index contributed by atoms with van der Waals surface area (Å²) in [5.41, 5.74) is 2.64. The average molecular weight is 378 g/mol. The summed E-state index contributed by atoms with van der Waals surface area (Å²) in [6.45, 7) is 7.39. The summed E-state index contributed by atoms with van der Waals surface area (Å²) in [6.07, 6.45) is -3.83. The maximum absolute atomic E-state index is 14.2. The molecule has 2 aromatic carbocycles. The molecule has 1 N–H and O–H groups in total. The van der Waals surface area contributed by atoms with E-state index in [0.717, 1.165) is 16.0 Å². The number of hydrogen-bond acceptors (Lipinski definition) is 2. The van der Waals surface area contributed by atoms with Crippen molar-refractivity contribution in [1.29, 1.82) is 0 Å². The Bertz CT molecular complexity index is 858. The van der Waals surface area contributed by atoms with Gasteiger partial charge in [-0.3, -0.25) is 10.2 Å². The summed E-state index contributed by atoms with van der Waals surface area (Å²) in [5.74, 6) is -0.0619. The van der Waals surface area contributed by atoms with E-state index in [4.69, 9.17) is 0 Å². The second-order valence-electron chi connectivity index (χ2n) is 8.40. The molecule has 1 amide bonds. The minimum absolute atomic E-state index is 0.00124. The van der Waals surface area contributed by atoms with Crippen LogP contribution in [-0.4, -0.2) is 23.6 Å². The Kier molecular flexibility index (Phi) is 4.97. The van der Waals surface area contributed by atoms with Gasteiger partial charge in [-0.2, -0.15) is 13.2 Å². The molecule has 3 nitrogen and oxygen atoms in total. The molecule has 27 heavy (non-hydrogen) atoms. The highest BCUT2D eigenvalue weighted by molar-refractivity contribution is 5.87. The predicted molar refractivity (Wildman–Crippen MR) is 99.9 cm³/mol. The third-order valence-corrected chi connectivity index (χ3v) is 4.94. The number of nitrogens with one attached hydrogen (secondary N) is 1. The van der Waals surface area contributed by atoms with E-state index in [9.17, 15) is 18.0 Å². The van der Waals surface area contributed by atoms with E-state index in [0.29, 0.717) is 17.7 Å². The molecule has 1 unspecified atom stereocenters. The highest BCUT2D eigenvalue weighted by atomic mass is 19.4. The van der Waals surface area contributed by atoms with Crippen molar-refractivity contribution in [2.24, 2.45) is 11.3 Å². The molecule has 2 aromatic rings. The number of hydrazine groups is 1. The SMILES string of the molecule is CC(C)Cc1cc(C(N2CC(C)(C)C(=O)N2)C(F)(F)F)c2ccccc2c1. The number of halogens is 3. The van der Waals surface area contributed by atoms with Crippen LogP contribution >= 0.6 is 0 Å². The summed E-state index contributed by atoms with van der Waals surface area (Å²) in [6, 6.07) is 8.84. The van der Waals surface area contributed by atoms with Crippen molar-refractivity contribution >= 4 is 16.7 Å². The molecular formula is C21H25F3N2O. The van der Waals surface area contributed by atoms with Crippen LogP contribution in [0.2, 0.25) is 0 Å². The third-order valence-electron chi connectivity index (χ3n) is 4.94. The summed E-state index contributed by atoms with van der Waals surface area (Å²) in [4.78, 5) is 12.1. The van der Waals surface area contributed by atoms with E-state index < -0.39 is 17.6 Å². The molecule has 6 heteroatoms. The van der Waals surface area contributed by atoms with Crippen molar-refractivity contribution in [3.63, 3.8) is 0 Å². The molecule has 0 radical (unpaired) electrons. The number of amides is 1. The predicted octanol–water partition coefficient (Wildman–Crippen LogP) is 5.01. The molecule has 0 saturated carbocycles. The van der Waals surface area contributed by atoms with Gasteiger partial charge in [0.15, 0.2) is 6.04 Å². The van der Waals surface area contributed by atoms with Crippen LogP contribution in [0.4, 0.5) is 13.2 Å². The maximum Gasteiger partial charge on any atom is 0.409 e. The number of fused-ring (bicyclic) bond motifs is 1. The van der Waals surface area contributed by atoms with Gasteiger partial charge in [-0.05, 0) is 48.1 Å². The van der Waals surface area contributed by atoms with E-state index in [2.05, 4.69) is 5.43 Å². The minimum atomic E-state index is -4.52. The first kappa shape index (κ1) is 19.7. The molecule has 1 aliphatic heterocycles. The van der Waals surface area contributed by atoms with Gasteiger partial charge in [0, 0.05) is 6.54 Å². The third kappa shape index (κ3) is 3.95. The minimum Gasteiger partial charge on any atom is -0.287 e. The van der Waals surface area contributed by atoms with Crippen molar-refractivity contribution in [3.05, 3.63) is 47.5 Å². The van der Waals surface area contributed by atoms with Gasteiger partial charge in [-0.25, -0.2) is 5.01 Å². The fourth-order valence-corrected chi connectivity index (χ4v) is 3.72. The zero-order valence-electron chi connectivity index (χ0n) is 16.0. The molecule has 1 saturated heterocycles. The van der Waals surface area contributed by atoms with Gasteiger partial charge < -0.3 is 0 Å². The lowest BCUT2D eigenvalue weighted by molar-refractivity contribution is -0.191. The van der Waals surface area contributed by atoms with E-state index >= 15 is 0 Å². The smallest absolute Gasteiger partial charge is 0.287 e. The van der Waals surface area contributed by atoms with Crippen LogP contribution in [0.25, 0.3) is 10.8 Å². The van der Waals surface area contributed by atoms with Crippen molar-refractivity contribution in [3.8, 4) is 0 Å². The molecule has 1 heterocycles. The monoisotopic (exact) mass is 378 g/mol. The molecule has 3 rings (SSSR count). The first-order chi connectivity index (χ1) is 12.5. The Morgan fingerprint density at radius 1 is 1.19 bits per heavy atom. The lowest BCUT2D eigenvalue weighted by Crippen LogP contribution is -2.43. The molecule has 0 aromatic heterocycles. The molecule has 0 bridgehead atoms. The topological polar surface area (TPSA) is 32.3 Å². The van der Waals surface area contributed by atoms with Crippen LogP contribution in [0.3, 0.4) is 0 Å². The van der Waals surface area contributed by atoms with E-state index in [-0.39, 0.29) is 18.0 Å². The number of nitrogens with zero attached hydrogens (tertiary/aromatic N) is 1. The molecular weight excluding hydrogens is 353 g/mol. The largest absolute Gasteiger partial charge is 0.409 e. The van der Waals surface area contributed by atoms with Crippen LogP contribution in [0.5, 0.6) is 0 Å². The van der Waals surface area contributed by atoms with Crippen molar-refractivity contribution in [2.45, 2.75) is 46.3 Å². The van der Waals surface area contributed by atoms with Crippen LogP contribution in [-0.2, 0) is 11.2 Å². The van der Waals surface area contributed by atoms with Gasteiger partial charge in [-0.15, -0.1) is 0 Å². The van der Waals surface area contributed by atoms with E-state index in [1.807, 2.05) is 32.0 Å². The maximum atomic E-state index is 14.2. The van der Waals surface area contributed by atoms with Crippen LogP contribution in [0.15, 0.2) is 36.4 Å². The number of carbonyl (C=O) groups is 1. The lowest BCUT2D eigenvalue weighted by Gasteiger charge is -2.31. The van der Waals surface area contributed by atoms with Crippen molar-refractivity contribution in [2.75, 3.05) is 6.54 Å². The summed E-state index contributed by atoms with van der Waals surface area (Å²) in [7, 11) is 0. The molecule has 146 valence electrons. The van der Waals surface area contributed by atoms with Gasteiger partial charge in [0.25, 0.3) is 0 Å². The summed E-state index contributed by atoms with van der Waals surface area (Å²) < 4.78 is 42.5. The summed E-state index contributed by atoms with van der Waals surface area (Å²) >= 11 is 0. The standard InChI is InChI=1S/C21H25F3N2O/c1-13(2)9-14-10-15-7-5-6-8-16(15)17(11-14)18(21(22,23)24)26-12-20(3,4)19(27)25-26/h5-8,10-11,13,18H,9,12H2,1-4H3,(H,25,27). The van der Waals surface area contributed by atoms with Crippen molar-refractivity contribution < 1.29 is 18.0 Å². The summed E-state index contributed by atoms with van der Waals surface area (Å²) in [5, 5.41) is 2.39. The van der Waals surface area contributed by atoms with E-state index in [1.165, 1.54) is 0 Å². The van der Waals surface area contributed by atoms with Gasteiger partial charge in [0.2, 0.25) is 5.91 Å². The second-order valence-corrected chi connectivity index (χ2v) is 8.40. The Balaban J connectivity index is 2.17. The Labute approximate surface area is 157 Å². The van der Waals surface area contributed by atoms with Crippen LogP contribution < -0.4 is 5.43 Å². The fourth-order valence-electron chi connectivity index (χ4n) is 3.72. The first-order valence-electron chi connectivity index (χ1n) is 9.15. The Morgan fingerprint density at radius 2 is 1.85 bits per heavy atom. The van der Waals surface area contributed by atoms with Gasteiger partial charge in [0.05, 0.1) is 5.41 Å². The quantitative estimate of drug-likeness (QED) is 0.811. The van der Waals surface area contributed by atoms with Crippen LogP contribution in [0.1, 0.15) is 44.9 Å².